The third-order valence-corrected chi connectivity index (χ3v) is 5.88. The quantitative estimate of drug-likeness (QED) is 0.933. The van der Waals surface area contributed by atoms with Crippen LogP contribution < -0.4 is 10.2 Å². The van der Waals surface area contributed by atoms with Gasteiger partial charge in [0.25, 0.3) is 5.91 Å². The molecule has 124 valence electrons. The molecule has 1 aromatic carbocycles. The minimum atomic E-state index is 0.0951. The van der Waals surface area contributed by atoms with Gasteiger partial charge < -0.3 is 15.0 Å². The van der Waals surface area contributed by atoms with Crippen molar-refractivity contribution in [2.24, 2.45) is 11.8 Å². The lowest BCUT2D eigenvalue weighted by atomic mass is 9.97. The number of morpholine rings is 1. The molecule has 0 spiro atoms. The molecule has 0 aromatic heterocycles. The Hall–Kier alpha value is -1.55. The summed E-state index contributed by atoms with van der Waals surface area (Å²) in [6.45, 7) is 3.33. The van der Waals surface area contributed by atoms with E-state index in [-0.39, 0.29) is 5.91 Å². The van der Waals surface area contributed by atoms with Gasteiger partial charge in [-0.15, -0.1) is 0 Å². The minimum Gasteiger partial charge on any atom is -0.378 e. The van der Waals surface area contributed by atoms with Gasteiger partial charge in [0.2, 0.25) is 0 Å². The standard InChI is InChI=1S/C19H26N2O2/c22-19(20-18-8-7-14-3-2-6-17(14)18)15-4-1-5-16(13-15)21-9-11-23-12-10-21/h1,4-5,13-14,17-18H,2-3,6-12H2,(H,20,22)/t14-,17-,18-/m1/s1. The predicted octanol–water partition coefficient (Wildman–Crippen LogP) is 2.83. The highest BCUT2D eigenvalue weighted by molar-refractivity contribution is 5.95. The molecule has 0 unspecified atom stereocenters. The molecule has 3 fully saturated rings. The summed E-state index contributed by atoms with van der Waals surface area (Å²) in [7, 11) is 0. The average molecular weight is 314 g/mol. The van der Waals surface area contributed by atoms with Crippen molar-refractivity contribution in [1.82, 2.24) is 5.32 Å². The highest BCUT2D eigenvalue weighted by Crippen LogP contribution is 2.44. The molecule has 0 bridgehead atoms. The molecular formula is C19H26N2O2. The Kier molecular flexibility index (Phi) is 4.25. The van der Waals surface area contributed by atoms with Gasteiger partial charge in [0.15, 0.2) is 0 Å². The number of carbonyl (C=O) groups excluding carboxylic acids is 1. The fraction of sp³-hybridized carbons (Fsp3) is 0.632. The lowest BCUT2D eigenvalue weighted by Gasteiger charge is -2.29. The van der Waals surface area contributed by atoms with Gasteiger partial charge >= 0.3 is 0 Å². The molecular weight excluding hydrogens is 288 g/mol. The van der Waals surface area contributed by atoms with Gasteiger partial charge in [0.1, 0.15) is 0 Å². The molecule has 1 N–H and O–H groups in total. The Bertz CT molecular complexity index is 568. The largest absolute Gasteiger partial charge is 0.378 e. The van der Waals surface area contributed by atoms with Crippen LogP contribution >= 0.6 is 0 Å². The monoisotopic (exact) mass is 314 g/mol. The van der Waals surface area contributed by atoms with Crippen LogP contribution in [-0.2, 0) is 4.74 Å². The Morgan fingerprint density at radius 1 is 1.13 bits per heavy atom. The van der Waals surface area contributed by atoms with Gasteiger partial charge in [-0.1, -0.05) is 18.9 Å². The van der Waals surface area contributed by atoms with Crippen molar-refractivity contribution >= 4 is 11.6 Å². The third kappa shape index (κ3) is 3.09. The lowest BCUT2D eigenvalue weighted by molar-refractivity contribution is 0.0926. The number of ether oxygens (including phenoxy) is 1. The number of fused-ring (bicyclic) bond motifs is 1. The van der Waals surface area contributed by atoms with Crippen molar-refractivity contribution in [2.45, 2.75) is 38.1 Å². The molecule has 4 nitrogen and oxygen atoms in total. The van der Waals surface area contributed by atoms with Crippen molar-refractivity contribution in [3.05, 3.63) is 29.8 Å². The summed E-state index contributed by atoms with van der Waals surface area (Å²) >= 11 is 0. The number of carbonyl (C=O) groups is 1. The summed E-state index contributed by atoms with van der Waals surface area (Å²) in [4.78, 5) is 15.0. The molecule has 4 rings (SSSR count). The van der Waals surface area contributed by atoms with Gasteiger partial charge in [0, 0.05) is 30.4 Å². The van der Waals surface area contributed by atoms with Crippen LogP contribution in [0.2, 0.25) is 0 Å². The van der Waals surface area contributed by atoms with Crippen LogP contribution in [0.5, 0.6) is 0 Å². The SMILES string of the molecule is O=C(N[C@@H]1CC[C@H]2CCC[C@H]21)c1cccc(N2CCOCC2)c1. The Labute approximate surface area is 138 Å². The first-order valence-electron chi connectivity index (χ1n) is 9.05. The van der Waals surface area contributed by atoms with E-state index in [1.807, 2.05) is 18.2 Å². The number of benzene rings is 1. The summed E-state index contributed by atoms with van der Waals surface area (Å²) in [5, 5.41) is 3.31. The van der Waals surface area contributed by atoms with Gasteiger partial charge in [0.05, 0.1) is 13.2 Å². The van der Waals surface area contributed by atoms with E-state index in [9.17, 15) is 4.79 Å². The summed E-state index contributed by atoms with van der Waals surface area (Å²) < 4.78 is 5.41. The van der Waals surface area contributed by atoms with Crippen molar-refractivity contribution in [3.63, 3.8) is 0 Å². The molecule has 4 heteroatoms. The third-order valence-electron chi connectivity index (χ3n) is 5.88. The zero-order valence-electron chi connectivity index (χ0n) is 13.7. The molecule has 0 radical (unpaired) electrons. The number of amides is 1. The number of hydrogen-bond donors (Lipinski definition) is 1. The molecule has 1 heterocycles. The normalized spacial score (nSPS) is 30.3. The van der Waals surface area contributed by atoms with Crippen LogP contribution in [0.15, 0.2) is 24.3 Å². The average Bonchev–Trinajstić information content (AvgIpc) is 3.21. The van der Waals surface area contributed by atoms with Gasteiger partial charge in [-0.05, 0) is 49.3 Å². The highest BCUT2D eigenvalue weighted by Gasteiger charge is 2.39. The van der Waals surface area contributed by atoms with Crippen molar-refractivity contribution in [2.75, 3.05) is 31.2 Å². The number of nitrogens with one attached hydrogen (secondary N) is 1. The molecule has 1 saturated heterocycles. The van der Waals surface area contributed by atoms with E-state index in [1.165, 1.54) is 25.7 Å². The molecule has 23 heavy (non-hydrogen) atoms. The van der Waals surface area contributed by atoms with Crippen LogP contribution in [0.1, 0.15) is 42.5 Å². The van der Waals surface area contributed by atoms with Crippen LogP contribution in [0, 0.1) is 11.8 Å². The molecule has 1 amide bonds. The fourth-order valence-corrected chi connectivity index (χ4v) is 4.66. The van der Waals surface area contributed by atoms with Crippen molar-refractivity contribution in [1.29, 1.82) is 0 Å². The lowest BCUT2D eigenvalue weighted by Crippen LogP contribution is -2.38. The Morgan fingerprint density at radius 3 is 2.87 bits per heavy atom. The minimum absolute atomic E-state index is 0.0951. The van der Waals surface area contributed by atoms with E-state index in [1.54, 1.807) is 0 Å². The Morgan fingerprint density at radius 2 is 2.00 bits per heavy atom. The summed E-state index contributed by atoms with van der Waals surface area (Å²) in [5.41, 5.74) is 1.92. The van der Waals surface area contributed by atoms with Crippen LogP contribution in [-0.4, -0.2) is 38.3 Å². The summed E-state index contributed by atoms with van der Waals surface area (Å²) in [5.74, 6) is 1.68. The highest BCUT2D eigenvalue weighted by atomic mass is 16.5. The molecule has 1 aliphatic heterocycles. The number of rotatable bonds is 3. The fourth-order valence-electron chi connectivity index (χ4n) is 4.66. The van der Waals surface area contributed by atoms with Gasteiger partial charge in [-0.25, -0.2) is 0 Å². The second kappa shape index (κ2) is 6.52. The van der Waals surface area contributed by atoms with E-state index >= 15 is 0 Å². The van der Waals surface area contributed by atoms with E-state index < -0.39 is 0 Å². The second-order valence-electron chi connectivity index (χ2n) is 7.16. The first-order chi connectivity index (χ1) is 11.3. The van der Waals surface area contributed by atoms with E-state index in [4.69, 9.17) is 4.74 Å². The topological polar surface area (TPSA) is 41.6 Å². The first-order valence-corrected chi connectivity index (χ1v) is 9.05. The van der Waals surface area contributed by atoms with Crippen LogP contribution in [0.25, 0.3) is 0 Å². The molecule has 1 aromatic rings. The van der Waals surface area contributed by atoms with E-state index in [0.29, 0.717) is 6.04 Å². The van der Waals surface area contributed by atoms with Crippen molar-refractivity contribution in [3.8, 4) is 0 Å². The number of anilines is 1. The number of nitrogens with zero attached hydrogens (tertiary/aromatic N) is 1. The maximum atomic E-state index is 12.7. The smallest absolute Gasteiger partial charge is 0.251 e. The first kappa shape index (κ1) is 15.0. The summed E-state index contributed by atoms with van der Waals surface area (Å²) in [6, 6.07) is 8.43. The molecule has 3 atom stereocenters. The molecule has 2 aliphatic carbocycles. The molecule has 2 saturated carbocycles. The van der Waals surface area contributed by atoms with Crippen molar-refractivity contribution < 1.29 is 9.53 Å². The van der Waals surface area contributed by atoms with Crippen LogP contribution in [0.4, 0.5) is 5.69 Å². The van der Waals surface area contributed by atoms with E-state index in [2.05, 4.69) is 16.3 Å². The maximum Gasteiger partial charge on any atom is 0.251 e. The summed E-state index contributed by atoms with van der Waals surface area (Å²) in [6.07, 6.45) is 6.45. The zero-order chi connectivity index (χ0) is 15.6. The zero-order valence-corrected chi connectivity index (χ0v) is 13.7. The van der Waals surface area contributed by atoms with Gasteiger partial charge in [-0.2, -0.15) is 0 Å². The maximum absolute atomic E-state index is 12.7. The Balaban J connectivity index is 1.43. The number of hydrogen-bond acceptors (Lipinski definition) is 3. The predicted molar refractivity (Wildman–Crippen MR) is 90.8 cm³/mol. The van der Waals surface area contributed by atoms with E-state index in [0.717, 1.165) is 55.8 Å². The van der Waals surface area contributed by atoms with Crippen LogP contribution in [0.3, 0.4) is 0 Å². The molecule has 3 aliphatic rings. The second-order valence-corrected chi connectivity index (χ2v) is 7.16. The van der Waals surface area contributed by atoms with Gasteiger partial charge in [-0.3, -0.25) is 4.79 Å².